The smallest absolute Gasteiger partial charge is 0.303 e. The summed E-state index contributed by atoms with van der Waals surface area (Å²) in [5.74, 6) is 0.293. The Hall–Kier alpha value is -1.97. The molecule has 102 valence electrons. The molecule has 0 aliphatic carbocycles. The van der Waals surface area contributed by atoms with Crippen molar-refractivity contribution in [2.45, 2.75) is 32.6 Å². The highest BCUT2D eigenvalue weighted by Gasteiger charge is 2.15. The maximum Gasteiger partial charge on any atom is 0.303 e. The first-order valence-corrected chi connectivity index (χ1v) is 6.58. The SMILES string of the molecule is CCOc1cccc2[nH]cc(C(C)CCC(=O)O)c12. The summed E-state index contributed by atoms with van der Waals surface area (Å²) >= 11 is 0. The van der Waals surface area contributed by atoms with Crippen LogP contribution in [0.2, 0.25) is 0 Å². The van der Waals surface area contributed by atoms with Crippen LogP contribution >= 0.6 is 0 Å². The van der Waals surface area contributed by atoms with Gasteiger partial charge in [-0.3, -0.25) is 4.79 Å². The van der Waals surface area contributed by atoms with Gasteiger partial charge in [0.1, 0.15) is 5.75 Å². The molecule has 1 aromatic heterocycles. The molecule has 0 aliphatic rings. The van der Waals surface area contributed by atoms with E-state index in [1.807, 2.05) is 38.2 Å². The number of aliphatic carboxylic acids is 1. The zero-order chi connectivity index (χ0) is 13.8. The van der Waals surface area contributed by atoms with Crippen molar-refractivity contribution in [3.63, 3.8) is 0 Å². The highest BCUT2D eigenvalue weighted by atomic mass is 16.5. The average molecular weight is 261 g/mol. The lowest BCUT2D eigenvalue weighted by molar-refractivity contribution is -0.137. The van der Waals surface area contributed by atoms with E-state index < -0.39 is 5.97 Å². The summed E-state index contributed by atoms with van der Waals surface area (Å²) in [4.78, 5) is 13.9. The van der Waals surface area contributed by atoms with Gasteiger partial charge in [-0.15, -0.1) is 0 Å². The lowest BCUT2D eigenvalue weighted by atomic mass is 9.95. The topological polar surface area (TPSA) is 62.3 Å². The van der Waals surface area contributed by atoms with E-state index in [2.05, 4.69) is 4.98 Å². The Balaban J connectivity index is 2.34. The van der Waals surface area contributed by atoms with Crippen LogP contribution in [0.3, 0.4) is 0 Å². The van der Waals surface area contributed by atoms with Crippen LogP contribution in [0.15, 0.2) is 24.4 Å². The second-order valence-corrected chi connectivity index (χ2v) is 4.69. The second-order valence-electron chi connectivity index (χ2n) is 4.69. The van der Waals surface area contributed by atoms with Crippen LogP contribution in [-0.2, 0) is 4.79 Å². The molecule has 2 aromatic rings. The number of nitrogens with one attached hydrogen (secondary N) is 1. The molecule has 4 heteroatoms. The van der Waals surface area contributed by atoms with Crippen molar-refractivity contribution >= 4 is 16.9 Å². The monoisotopic (exact) mass is 261 g/mol. The first-order valence-electron chi connectivity index (χ1n) is 6.58. The van der Waals surface area contributed by atoms with Crippen LogP contribution in [-0.4, -0.2) is 22.7 Å². The van der Waals surface area contributed by atoms with Gasteiger partial charge in [0.2, 0.25) is 0 Å². The lowest BCUT2D eigenvalue weighted by Crippen LogP contribution is -2.00. The van der Waals surface area contributed by atoms with Crippen molar-refractivity contribution in [1.29, 1.82) is 0 Å². The zero-order valence-corrected chi connectivity index (χ0v) is 11.3. The summed E-state index contributed by atoms with van der Waals surface area (Å²) in [6.45, 7) is 4.63. The van der Waals surface area contributed by atoms with E-state index in [0.717, 1.165) is 22.2 Å². The maximum absolute atomic E-state index is 10.7. The van der Waals surface area contributed by atoms with Gasteiger partial charge in [-0.25, -0.2) is 0 Å². The van der Waals surface area contributed by atoms with E-state index in [4.69, 9.17) is 9.84 Å². The fourth-order valence-electron chi connectivity index (χ4n) is 2.34. The normalized spacial score (nSPS) is 12.5. The number of hydrogen-bond donors (Lipinski definition) is 2. The molecule has 1 heterocycles. The maximum atomic E-state index is 10.7. The van der Waals surface area contributed by atoms with Crippen LogP contribution in [0.1, 0.15) is 38.2 Å². The predicted octanol–water partition coefficient (Wildman–Crippen LogP) is 3.53. The second kappa shape index (κ2) is 5.78. The standard InChI is InChI=1S/C15H19NO3/c1-3-19-13-6-4-5-12-15(13)11(9-16-12)10(2)7-8-14(17)18/h4-6,9-10,16H,3,7-8H2,1-2H3,(H,17,18). The van der Waals surface area contributed by atoms with E-state index >= 15 is 0 Å². The predicted molar refractivity (Wildman–Crippen MR) is 74.8 cm³/mol. The fraction of sp³-hybridized carbons (Fsp3) is 0.400. The molecular formula is C15H19NO3. The minimum Gasteiger partial charge on any atom is -0.493 e. The number of carboxylic acids is 1. The Bertz CT molecular complexity index is 574. The number of carboxylic acid groups (broad SMARTS) is 1. The van der Waals surface area contributed by atoms with Crippen LogP contribution in [0.4, 0.5) is 0 Å². The lowest BCUT2D eigenvalue weighted by Gasteiger charge is -2.11. The fourth-order valence-corrected chi connectivity index (χ4v) is 2.34. The Morgan fingerprint density at radius 3 is 2.95 bits per heavy atom. The Morgan fingerprint density at radius 1 is 1.47 bits per heavy atom. The minimum atomic E-state index is -0.753. The summed E-state index contributed by atoms with van der Waals surface area (Å²) in [6.07, 6.45) is 2.77. The third-order valence-electron chi connectivity index (χ3n) is 3.32. The highest BCUT2D eigenvalue weighted by molar-refractivity contribution is 5.89. The quantitative estimate of drug-likeness (QED) is 0.836. The molecule has 1 aromatic carbocycles. The molecule has 0 aliphatic heterocycles. The molecule has 19 heavy (non-hydrogen) atoms. The van der Waals surface area contributed by atoms with E-state index in [0.29, 0.717) is 13.0 Å². The summed E-state index contributed by atoms with van der Waals surface area (Å²) < 4.78 is 5.66. The molecule has 0 fully saturated rings. The first kappa shape index (κ1) is 13.5. The van der Waals surface area contributed by atoms with Gasteiger partial charge in [0, 0.05) is 23.5 Å². The van der Waals surface area contributed by atoms with Crippen molar-refractivity contribution in [2.75, 3.05) is 6.61 Å². The number of hydrogen-bond acceptors (Lipinski definition) is 2. The molecule has 0 bridgehead atoms. The number of aromatic amines is 1. The van der Waals surface area contributed by atoms with Crippen LogP contribution in [0.25, 0.3) is 10.9 Å². The van der Waals surface area contributed by atoms with Gasteiger partial charge in [0.25, 0.3) is 0 Å². The minimum absolute atomic E-state index is 0.185. The van der Waals surface area contributed by atoms with Crippen molar-refractivity contribution in [2.24, 2.45) is 0 Å². The van der Waals surface area contributed by atoms with Crippen LogP contribution in [0.5, 0.6) is 5.75 Å². The molecule has 2 N–H and O–H groups in total. The van der Waals surface area contributed by atoms with Crippen molar-refractivity contribution in [3.8, 4) is 5.75 Å². The van der Waals surface area contributed by atoms with Crippen molar-refractivity contribution in [3.05, 3.63) is 30.0 Å². The number of rotatable bonds is 6. The van der Waals surface area contributed by atoms with Gasteiger partial charge in [-0.05, 0) is 37.0 Å². The first-order chi connectivity index (χ1) is 9.13. The number of aromatic nitrogens is 1. The number of carbonyl (C=O) groups is 1. The highest BCUT2D eigenvalue weighted by Crippen LogP contribution is 2.34. The molecule has 0 saturated carbocycles. The van der Waals surface area contributed by atoms with E-state index in [9.17, 15) is 4.79 Å². The number of benzene rings is 1. The van der Waals surface area contributed by atoms with E-state index in [1.165, 1.54) is 0 Å². The van der Waals surface area contributed by atoms with Gasteiger partial charge >= 0.3 is 5.97 Å². The summed E-state index contributed by atoms with van der Waals surface area (Å²) in [5, 5.41) is 9.85. The van der Waals surface area contributed by atoms with E-state index in [1.54, 1.807) is 0 Å². The van der Waals surface area contributed by atoms with Gasteiger partial charge in [0.15, 0.2) is 0 Å². The summed E-state index contributed by atoms with van der Waals surface area (Å²) in [7, 11) is 0. The Labute approximate surface area is 112 Å². The van der Waals surface area contributed by atoms with Gasteiger partial charge in [-0.2, -0.15) is 0 Å². The summed E-state index contributed by atoms with van der Waals surface area (Å²) in [5.41, 5.74) is 2.16. The molecule has 2 rings (SSSR count). The number of fused-ring (bicyclic) bond motifs is 1. The third-order valence-corrected chi connectivity index (χ3v) is 3.32. The molecule has 0 radical (unpaired) electrons. The van der Waals surface area contributed by atoms with Gasteiger partial charge in [-0.1, -0.05) is 13.0 Å². The van der Waals surface area contributed by atoms with Crippen molar-refractivity contribution in [1.82, 2.24) is 4.98 Å². The molecular weight excluding hydrogens is 242 g/mol. The zero-order valence-electron chi connectivity index (χ0n) is 11.3. The average Bonchev–Trinajstić information content (AvgIpc) is 2.81. The molecule has 0 amide bonds. The third kappa shape index (κ3) is 2.89. The van der Waals surface area contributed by atoms with E-state index in [-0.39, 0.29) is 12.3 Å². The van der Waals surface area contributed by atoms with Crippen LogP contribution in [0, 0.1) is 0 Å². The molecule has 0 spiro atoms. The molecule has 4 nitrogen and oxygen atoms in total. The molecule has 0 saturated heterocycles. The number of ether oxygens (including phenoxy) is 1. The largest absolute Gasteiger partial charge is 0.493 e. The Morgan fingerprint density at radius 2 is 2.26 bits per heavy atom. The number of H-pyrrole nitrogens is 1. The molecule has 1 unspecified atom stereocenters. The molecule has 1 atom stereocenters. The Kier molecular flexibility index (Phi) is 4.10. The van der Waals surface area contributed by atoms with Crippen LogP contribution < -0.4 is 4.74 Å². The van der Waals surface area contributed by atoms with Gasteiger partial charge in [0.05, 0.1) is 6.61 Å². The van der Waals surface area contributed by atoms with Crippen molar-refractivity contribution < 1.29 is 14.6 Å². The summed E-state index contributed by atoms with van der Waals surface area (Å²) in [6, 6.07) is 5.91. The van der Waals surface area contributed by atoms with Gasteiger partial charge < -0.3 is 14.8 Å².